The molecular weight excluding hydrogens is 216 g/mol. The van der Waals surface area contributed by atoms with E-state index in [1.807, 2.05) is 0 Å². The second kappa shape index (κ2) is 17.0. The average molecular weight is 253 g/mol. The highest BCUT2D eigenvalue weighted by Crippen LogP contribution is 2.13. The maximum absolute atomic E-state index is 3.88. The first-order chi connectivity index (χ1) is 8.91. The highest BCUT2D eigenvalue weighted by Gasteiger charge is 1.93. The third-order valence-electron chi connectivity index (χ3n) is 3.85. The first kappa shape index (κ1) is 18.0. The van der Waals surface area contributed by atoms with Gasteiger partial charge in [-0.2, -0.15) is 0 Å². The Hall–Kier alpha value is 0. The second-order valence-corrected chi connectivity index (χ2v) is 5.80. The van der Waals surface area contributed by atoms with Crippen molar-refractivity contribution in [1.82, 2.24) is 0 Å². The maximum atomic E-state index is 3.88. The topological polar surface area (TPSA) is 0 Å². The summed E-state index contributed by atoms with van der Waals surface area (Å²) in [5, 5.41) is 0. The zero-order valence-corrected chi connectivity index (χ0v) is 13.0. The van der Waals surface area contributed by atoms with Crippen LogP contribution in [0.4, 0.5) is 0 Å². The SMILES string of the molecule is [CH2]CCCCCCCCCCCCCCCCC. The van der Waals surface area contributed by atoms with Crippen LogP contribution in [0.15, 0.2) is 0 Å². The quantitative estimate of drug-likeness (QED) is 0.273. The van der Waals surface area contributed by atoms with E-state index in [4.69, 9.17) is 0 Å². The standard InChI is InChI=1S/C18H37/c1-3-5-7-9-11-13-15-17-18-16-14-12-10-8-6-4-2/h1,3-18H2,2H3. The van der Waals surface area contributed by atoms with Crippen LogP contribution in [-0.2, 0) is 0 Å². The van der Waals surface area contributed by atoms with Crippen molar-refractivity contribution < 1.29 is 0 Å². The molecule has 0 unspecified atom stereocenters. The molecule has 0 aliphatic heterocycles. The largest absolute Gasteiger partial charge is 0.0654 e. The Labute approximate surface area is 117 Å². The molecule has 0 N–H and O–H groups in total. The van der Waals surface area contributed by atoms with Crippen LogP contribution in [0.3, 0.4) is 0 Å². The van der Waals surface area contributed by atoms with Gasteiger partial charge in [-0.3, -0.25) is 0 Å². The number of hydrogen-bond donors (Lipinski definition) is 0. The Morgan fingerprint density at radius 2 is 0.722 bits per heavy atom. The smallest absolute Gasteiger partial charge is 0.0533 e. The van der Waals surface area contributed by atoms with Crippen molar-refractivity contribution in [3.8, 4) is 0 Å². The molecule has 0 aromatic carbocycles. The molecular formula is C18H37. The van der Waals surface area contributed by atoms with Crippen LogP contribution in [0.1, 0.15) is 110 Å². The van der Waals surface area contributed by atoms with Gasteiger partial charge in [0.15, 0.2) is 0 Å². The molecule has 0 nitrogen and oxygen atoms in total. The number of unbranched alkanes of at least 4 members (excludes halogenated alkanes) is 15. The molecule has 0 spiro atoms. The predicted molar refractivity (Wildman–Crippen MR) is 84.9 cm³/mol. The van der Waals surface area contributed by atoms with Crippen LogP contribution >= 0.6 is 0 Å². The van der Waals surface area contributed by atoms with Crippen LogP contribution in [0.5, 0.6) is 0 Å². The van der Waals surface area contributed by atoms with Crippen LogP contribution in [0.2, 0.25) is 0 Å². The van der Waals surface area contributed by atoms with Crippen molar-refractivity contribution in [3.63, 3.8) is 0 Å². The summed E-state index contributed by atoms with van der Waals surface area (Å²) in [6, 6.07) is 0. The molecule has 0 aliphatic carbocycles. The van der Waals surface area contributed by atoms with Crippen LogP contribution in [0.25, 0.3) is 0 Å². The van der Waals surface area contributed by atoms with E-state index in [-0.39, 0.29) is 0 Å². The molecule has 0 rings (SSSR count). The average Bonchev–Trinajstić information content (AvgIpc) is 2.39. The van der Waals surface area contributed by atoms with Crippen molar-refractivity contribution in [2.45, 2.75) is 110 Å². The summed E-state index contributed by atoms with van der Waals surface area (Å²) in [7, 11) is 0. The summed E-state index contributed by atoms with van der Waals surface area (Å²) in [6.07, 6.45) is 22.8. The lowest BCUT2D eigenvalue weighted by atomic mass is 10.0. The zero-order valence-electron chi connectivity index (χ0n) is 13.0. The molecule has 0 saturated heterocycles. The van der Waals surface area contributed by atoms with Crippen LogP contribution < -0.4 is 0 Å². The van der Waals surface area contributed by atoms with E-state index in [1.54, 1.807) is 0 Å². The molecule has 0 aromatic rings. The first-order valence-electron chi connectivity index (χ1n) is 8.71. The Kier molecular flexibility index (Phi) is 17.0. The van der Waals surface area contributed by atoms with E-state index in [1.165, 1.54) is 96.3 Å². The minimum atomic E-state index is 1.12. The second-order valence-electron chi connectivity index (χ2n) is 5.80. The van der Waals surface area contributed by atoms with Gasteiger partial charge in [-0.25, -0.2) is 0 Å². The lowest BCUT2D eigenvalue weighted by Crippen LogP contribution is -1.83. The van der Waals surface area contributed by atoms with Gasteiger partial charge in [0.25, 0.3) is 0 Å². The monoisotopic (exact) mass is 253 g/mol. The van der Waals surface area contributed by atoms with Gasteiger partial charge >= 0.3 is 0 Å². The lowest BCUT2D eigenvalue weighted by Gasteiger charge is -2.03. The van der Waals surface area contributed by atoms with Gasteiger partial charge in [-0.05, 0) is 0 Å². The number of rotatable bonds is 15. The van der Waals surface area contributed by atoms with Crippen LogP contribution in [-0.4, -0.2) is 0 Å². The molecule has 0 atom stereocenters. The molecule has 0 amide bonds. The molecule has 0 saturated carbocycles. The Balaban J connectivity index is 2.86. The lowest BCUT2D eigenvalue weighted by molar-refractivity contribution is 0.533. The van der Waals surface area contributed by atoms with Gasteiger partial charge in [0.05, 0.1) is 0 Å². The molecule has 0 bridgehead atoms. The molecule has 1 radical (unpaired) electrons. The van der Waals surface area contributed by atoms with Crippen molar-refractivity contribution in [1.29, 1.82) is 0 Å². The summed E-state index contributed by atoms with van der Waals surface area (Å²) in [5.41, 5.74) is 0. The Morgan fingerprint density at radius 1 is 0.444 bits per heavy atom. The highest BCUT2D eigenvalue weighted by molar-refractivity contribution is 4.50. The Bertz CT molecular complexity index is 112. The Morgan fingerprint density at radius 3 is 1.00 bits per heavy atom. The maximum Gasteiger partial charge on any atom is -0.0533 e. The van der Waals surface area contributed by atoms with E-state index >= 15 is 0 Å². The number of hydrogen-bond acceptors (Lipinski definition) is 0. The summed E-state index contributed by atoms with van der Waals surface area (Å²) in [6.45, 7) is 6.18. The van der Waals surface area contributed by atoms with E-state index in [2.05, 4.69) is 13.8 Å². The molecule has 0 aromatic heterocycles. The fourth-order valence-electron chi connectivity index (χ4n) is 2.55. The van der Waals surface area contributed by atoms with Gasteiger partial charge in [-0.15, -0.1) is 0 Å². The van der Waals surface area contributed by atoms with Crippen LogP contribution in [0, 0.1) is 6.92 Å². The van der Waals surface area contributed by atoms with Gasteiger partial charge in [0, 0.05) is 0 Å². The highest BCUT2D eigenvalue weighted by atomic mass is 14.0. The van der Waals surface area contributed by atoms with E-state index in [0.29, 0.717) is 0 Å². The zero-order chi connectivity index (χ0) is 13.3. The van der Waals surface area contributed by atoms with Crippen molar-refractivity contribution in [2.24, 2.45) is 0 Å². The van der Waals surface area contributed by atoms with Gasteiger partial charge in [0.1, 0.15) is 0 Å². The fourth-order valence-corrected chi connectivity index (χ4v) is 2.55. The third kappa shape index (κ3) is 16.0. The molecule has 0 aliphatic rings. The van der Waals surface area contributed by atoms with Crippen molar-refractivity contribution in [3.05, 3.63) is 6.92 Å². The molecule has 18 heavy (non-hydrogen) atoms. The first-order valence-corrected chi connectivity index (χ1v) is 8.71. The van der Waals surface area contributed by atoms with Crippen molar-refractivity contribution in [2.75, 3.05) is 0 Å². The third-order valence-corrected chi connectivity index (χ3v) is 3.85. The van der Waals surface area contributed by atoms with E-state index < -0.39 is 0 Å². The minimum Gasteiger partial charge on any atom is -0.0654 e. The molecule has 0 heterocycles. The van der Waals surface area contributed by atoms with E-state index in [9.17, 15) is 0 Å². The summed E-state index contributed by atoms with van der Waals surface area (Å²) in [5.74, 6) is 0. The minimum absolute atomic E-state index is 1.12. The predicted octanol–water partition coefficient (Wildman–Crippen LogP) is 7.08. The summed E-state index contributed by atoms with van der Waals surface area (Å²) < 4.78 is 0. The van der Waals surface area contributed by atoms with Gasteiger partial charge in [-0.1, -0.05) is 117 Å². The molecule has 109 valence electrons. The van der Waals surface area contributed by atoms with Gasteiger partial charge in [0.2, 0.25) is 0 Å². The summed E-state index contributed by atoms with van der Waals surface area (Å²) >= 11 is 0. The molecule has 0 heteroatoms. The normalized spacial score (nSPS) is 11.0. The summed E-state index contributed by atoms with van der Waals surface area (Å²) in [4.78, 5) is 0. The van der Waals surface area contributed by atoms with Gasteiger partial charge < -0.3 is 0 Å². The van der Waals surface area contributed by atoms with Crippen molar-refractivity contribution >= 4 is 0 Å². The fraction of sp³-hybridized carbons (Fsp3) is 0.944. The van der Waals surface area contributed by atoms with E-state index in [0.717, 1.165) is 6.42 Å². The molecule has 0 fully saturated rings.